The first-order valence-corrected chi connectivity index (χ1v) is 11.6. The van der Waals surface area contributed by atoms with E-state index in [0.717, 1.165) is 0 Å². The third-order valence-electron chi connectivity index (χ3n) is 6.34. The van der Waals surface area contributed by atoms with Crippen LogP contribution in [0.25, 0.3) is 0 Å². The van der Waals surface area contributed by atoms with E-state index in [9.17, 15) is 29.3 Å². The van der Waals surface area contributed by atoms with Crippen LogP contribution in [-0.2, 0) is 19.1 Å². The number of nitro benzene ring substituents is 1. The number of anilines is 3. The van der Waals surface area contributed by atoms with E-state index in [-0.39, 0.29) is 47.0 Å². The zero-order chi connectivity index (χ0) is 26.0. The molecule has 0 spiro atoms. The van der Waals surface area contributed by atoms with Gasteiger partial charge in [0.2, 0.25) is 17.8 Å². The first-order valence-electron chi connectivity index (χ1n) is 11.6. The fourth-order valence-electron chi connectivity index (χ4n) is 4.43. The minimum Gasteiger partial charge on any atom is -0.466 e. The lowest BCUT2D eigenvalue weighted by atomic mass is 9.92. The Morgan fingerprint density at radius 3 is 2.67 bits per heavy atom. The molecule has 0 unspecified atom stereocenters. The summed E-state index contributed by atoms with van der Waals surface area (Å²) in [5, 5.41) is 16.3. The van der Waals surface area contributed by atoms with Gasteiger partial charge in [0.15, 0.2) is 0 Å². The summed E-state index contributed by atoms with van der Waals surface area (Å²) in [7, 11) is 0. The maximum Gasteiger partial charge on any atom is 0.309 e. The number of hydrogen-bond donors (Lipinski definition) is 3. The predicted molar refractivity (Wildman–Crippen MR) is 129 cm³/mol. The van der Waals surface area contributed by atoms with Crippen molar-refractivity contribution in [1.29, 1.82) is 0 Å². The van der Waals surface area contributed by atoms with Crippen molar-refractivity contribution in [2.75, 3.05) is 35.2 Å². The highest BCUT2D eigenvalue weighted by Gasteiger charge is 2.36. The van der Waals surface area contributed by atoms with Gasteiger partial charge in [-0.05, 0) is 32.8 Å². The normalized spacial score (nSPS) is 17.7. The van der Waals surface area contributed by atoms with Gasteiger partial charge in [0.05, 0.1) is 28.9 Å². The van der Waals surface area contributed by atoms with Crippen LogP contribution in [0.15, 0.2) is 23.0 Å². The van der Waals surface area contributed by atoms with E-state index in [1.54, 1.807) is 18.7 Å². The SMILES string of the molecule is CCOC(=O)C1CCN(c2nc3c(c(=O)[nH]2)[C@@H](C(=O)Nc2ccc(C)c([N+](=O)[O-])c2)CC(=O)N3)CC1. The second-order valence-corrected chi connectivity index (χ2v) is 8.72. The third-order valence-corrected chi connectivity index (χ3v) is 6.34. The summed E-state index contributed by atoms with van der Waals surface area (Å²) < 4.78 is 5.08. The molecular weight excluding hydrogens is 472 g/mol. The number of carbonyl (C=O) groups excluding carboxylic acids is 3. The smallest absolute Gasteiger partial charge is 0.309 e. The van der Waals surface area contributed by atoms with Gasteiger partial charge in [0.25, 0.3) is 11.2 Å². The van der Waals surface area contributed by atoms with Crippen molar-refractivity contribution >= 4 is 40.9 Å². The lowest BCUT2D eigenvalue weighted by molar-refractivity contribution is -0.385. The average Bonchev–Trinajstić information content (AvgIpc) is 2.84. The molecule has 36 heavy (non-hydrogen) atoms. The fourth-order valence-corrected chi connectivity index (χ4v) is 4.43. The molecule has 1 aromatic heterocycles. The van der Waals surface area contributed by atoms with E-state index in [1.165, 1.54) is 18.2 Å². The predicted octanol–water partition coefficient (Wildman–Crippen LogP) is 1.83. The van der Waals surface area contributed by atoms with Crippen molar-refractivity contribution in [2.45, 2.75) is 39.0 Å². The number of hydrogen-bond acceptors (Lipinski definition) is 9. The molecule has 4 rings (SSSR count). The molecule has 1 saturated heterocycles. The van der Waals surface area contributed by atoms with E-state index in [4.69, 9.17) is 4.74 Å². The number of H-pyrrole nitrogens is 1. The number of rotatable bonds is 6. The number of amides is 2. The molecule has 1 atom stereocenters. The van der Waals surface area contributed by atoms with Gasteiger partial charge in [-0.15, -0.1) is 0 Å². The number of nitrogens with zero attached hydrogens (tertiary/aromatic N) is 3. The molecule has 0 radical (unpaired) electrons. The molecule has 3 N–H and O–H groups in total. The minimum atomic E-state index is -1.13. The molecule has 0 saturated carbocycles. The standard InChI is InChI=1S/C23H26N6O7/c1-3-36-22(33)13-6-8-28(9-7-13)23-26-19-18(21(32)27-23)15(11-17(30)25-19)20(31)24-14-5-4-12(2)16(10-14)29(34)35/h4-5,10,13,15H,3,6-9,11H2,1-2H3,(H,24,31)(H2,25,26,27,30,32)/t15-/m0/s1. The molecule has 0 aliphatic carbocycles. The zero-order valence-electron chi connectivity index (χ0n) is 19.8. The molecule has 2 aromatic rings. The van der Waals surface area contributed by atoms with Crippen LogP contribution in [0.3, 0.4) is 0 Å². The summed E-state index contributed by atoms with van der Waals surface area (Å²) in [6.07, 6.45) is 0.779. The Kier molecular flexibility index (Phi) is 6.99. The molecule has 0 bridgehead atoms. The van der Waals surface area contributed by atoms with Gasteiger partial charge in [-0.3, -0.25) is 34.3 Å². The Hall–Kier alpha value is -4.29. The summed E-state index contributed by atoms with van der Waals surface area (Å²) >= 11 is 0. The molecule has 13 nitrogen and oxygen atoms in total. The Morgan fingerprint density at radius 2 is 2.00 bits per heavy atom. The summed E-state index contributed by atoms with van der Waals surface area (Å²) in [5.74, 6) is -2.51. The van der Waals surface area contributed by atoms with Crippen molar-refractivity contribution in [1.82, 2.24) is 9.97 Å². The molecule has 2 aliphatic heterocycles. The van der Waals surface area contributed by atoms with Crippen LogP contribution in [0.5, 0.6) is 0 Å². The summed E-state index contributed by atoms with van der Waals surface area (Å²) in [5.41, 5.74) is -0.114. The Bertz CT molecular complexity index is 1280. The lowest BCUT2D eigenvalue weighted by Gasteiger charge is -2.32. The van der Waals surface area contributed by atoms with Gasteiger partial charge in [-0.1, -0.05) is 6.07 Å². The van der Waals surface area contributed by atoms with Crippen molar-refractivity contribution in [3.8, 4) is 0 Å². The first kappa shape index (κ1) is 24.8. The van der Waals surface area contributed by atoms with Crippen LogP contribution >= 0.6 is 0 Å². The van der Waals surface area contributed by atoms with Crippen molar-refractivity contribution in [2.24, 2.45) is 5.92 Å². The van der Waals surface area contributed by atoms with Gasteiger partial charge < -0.3 is 20.3 Å². The average molecular weight is 498 g/mol. The Balaban J connectivity index is 1.55. The van der Waals surface area contributed by atoms with Crippen molar-refractivity contribution < 1.29 is 24.0 Å². The second kappa shape index (κ2) is 10.1. The molecule has 1 aromatic carbocycles. The summed E-state index contributed by atoms with van der Waals surface area (Å²) in [6.45, 7) is 4.55. The molecule has 13 heteroatoms. The first-order chi connectivity index (χ1) is 17.2. The summed E-state index contributed by atoms with van der Waals surface area (Å²) in [6, 6.07) is 4.24. The maximum absolute atomic E-state index is 13.0. The van der Waals surface area contributed by atoms with Crippen LogP contribution < -0.4 is 21.1 Å². The highest BCUT2D eigenvalue weighted by molar-refractivity contribution is 6.04. The van der Waals surface area contributed by atoms with Gasteiger partial charge in [-0.25, -0.2) is 0 Å². The number of esters is 1. The number of aryl methyl sites for hydroxylation is 1. The third kappa shape index (κ3) is 5.04. The number of aromatic amines is 1. The monoisotopic (exact) mass is 498 g/mol. The number of piperidine rings is 1. The number of nitrogens with one attached hydrogen (secondary N) is 3. The highest BCUT2D eigenvalue weighted by atomic mass is 16.6. The quantitative estimate of drug-likeness (QED) is 0.304. The van der Waals surface area contributed by atoms with Crippen LogP contribution in [0.4, 0.5) is 23.1 Å². The van der Waals surface area contributed by atoms with E-state index in [1.807, 2.05) is 0 Å². The number of ether oxygens (including phenoxy) is 1. The highest BCUT2D eigenvalue weighted by Crippen LogP contribution is 2.32. The number of carbonyl (C=O) groups is 3. The van der Waals surface area contributed by atoms with Crippen LogP contribution in [0, 0.1) is 23.0 Å². The Morgan fingerprint density at radius 1 is 1.28 bits per heavy atom. The van der Waals surface area contributed by atoms with Crippen molar-refractivity contribution in [3.63, 3.8) is 0 Å². The van der Waals surface area contributed by atoms with E-state index >= 15 is 0 Å². The molecule has 2 aliphatic rings. The minimum absolute atomic E-state index is 0.00690. The number of aromatic nitrogens is 2. The fraction of sp³-hybridized carbons (Fsp3) is 0.435. The zero-order valence-corrected chi connectivity index (χ0v) is 19.8. The molecule has 190 valence electrons. The topological polar surface area (TPSA) is 177 Å². The number of benzene rings is 1. The van der Waals surface area contributed by atoms with Crippen LogP contribution in [-0.4, -0.2) is 52.4 Å². The largest absolute Gasteiger partial charge is 0.466 e. The van der Waals surface area contributed by atoms with Crippen molar-refractivity contribution in [3.05, 3.63) is 49.8 Å². The summed E-state index contributed by atoms with van der Waals surface area (Å²) in [4.78, 5) is 70.0. The van der Waals surface area contributed by atoms with E-state index < -0.39 is 28.2 Å². The van der Waals surface area contributed by atoms with Gasteiger partial charge in [0, 0.05) is 36.8 Å². The molecule has 3 heterocycles. The van der Waals surface area contributed by atoms with E-state index in [0.29, 0.717) is 38.1 Å². The van der Waals surface area contributed by atoms with Crippen LogP contribution in [0.1, 0.15) is 43.2 Å². The van der Waals surface area contributed by atoms with Gasteiger partial charge in [0.1, 0.15) is 5.82 Å². The molecular formula is C23H26N6O7. The second-order valence-electron chi connectivity index (χ2n) is 8.72. The van der Waals surface area contributed by atoms with Gasteiger partial charge >= 0.3 is 5.97 Å². The van der Waals surface area contributed by atoms with E-state index in [2.05, 4.69) is 20.6 Å². The molecule has 1 fully saturated rings. The lowest BCUT2D eigenvalue weighted by Crippen LogP contribution is -2.41. The van der Waals surface area contributed by atoms with Gasteiger partial charge in [-0.2, -0.15) is 4.98 Å². The molecule has 2 amide bonds. The maximum atomic E-state index is 13.0. The Labute approximate surface area is 205 Å². The number of nitro groups is 1. The van der Waals surface area contributed by atoms with Crippen LogP contribution in [0.2, 0.25) is 0 Å². The number of fused-ring (bicyclic) bond motifs is 1.